The molecule has 38 heavy (non-hydrogen) atoms. The van der Waals surface area contributed by atoms with Gasteiger partial charge in [-0.1, -0.05) is 54.1 Å². The number of carbonyl (C=O) groups is 2. The molecule has 5 heterocycles. The van der Waals surface area contributed by atoms with Crippen molar-refractivity contribution in [1.82, 2.24) is 30.0 Å². The number of fused-ring (bicyclic) bond motifs is 1. The lowest BCUT2D eigenvalue weighted by Gasteiger charge is -2.33. The number of morpholine rings is 1. The summed E-state index contributed by atoms with van der Waals surface area (Å²) in [5, 5.41) is 13.2. The first-order chi connectivity index (χ1) is 18.6. The average molecular weight is 533 g/mol. The minimum absolute atomic E-state index is 0.0491. The van der Waals surface area contributed by atoms with Gasteiger partial charge in [-0.15, -0.1) is 5.10 Å². The summed E-state index contributed by atoms with van der Waals surface area (Å²) in [6.07, 6.45) is 3.50. The van der Waals surface area contributed by atoms with Gasteiger partial charge < -0.3 is 19.3 Å². The molecule has 4 aliphatic heterocycles. The predicted molar refractivity (Wildman–Crippen MR) is 135 cm³/mol. The van der Waals surface area contributed by atoms with Gasteiger partial charge in [-0.25, -0.2) is 0 Å². The smallest absolute Gasteiger partial charge is 0.230 e. The van der Waals surface area contributed by atoms with Crippen LogP contribution in [0.5, 0.6) is 0 Å². The molecule has 2 aromatic carbocycles. The Kier molecular flexibility index (Phi) is 5.57. The molecule has 1 aromatic heterocycles. The summed E-state index contributed by atoms with van der Waals surface area (Å²) in [4.78, 5) is 31.5. The third-order valence-electron chi connectivity index (χ3n) is 7.97. The zero-order valence-corrected chi connectivity index (χ0v) is 21.1. The van der Waals surface area contributed by atoms with Gasteiger partial charge in [-0.3, -0.25) is 9.59 Å². The Balaban J connectivity index is 1.28. The molecule has 1 spiro atoms. The first-order valence-electron chi connectivity index (χ1n) is 12.7. The number of tetrazole rings is 1. The van der Waals surface area contributed by atoms with Crippen LogP contribution in [0.4, 0.5) is 0 Å². The molecule has 0 aliphatic carbocycles. The molecule has 10 nitrogen and oxygen atoms in total. The van der Waals surface area contributed by atoms with E-state index >= 15 is 0 Å². The quantitative estimate of drug-likeness (QED) is 0.463. The number of nitrogens with zero attached hydrogens (tertiary/aromatic N) is 6. The third kappa shape index (κ3) is 3.58. The summed E-state index contributed by atoms with van der Waals surface area (Å²) in [5.74, 6) is -0.883. The van der Waals surface area contributed by atoms with E-state index in [1.165, 1.54) is 0 Å². The Bertz CT molecular complexity index is 1410. The average Bonchev–Trinajstić information content (AvgIpc) is 3.72. The predicted octanol–water partition coefficient (Wildman–Crippen LogP) is 2.05. The molecule has 11 heteroatoms. The Hall–Kier alpha value is -3.60. The van der Waals surface area contributed by atoms with E-state index in [9.17, 15) is 9.59 Å². The molecule has 0 N–H and O–H groups in total. The maximum absolute atomic E-state index is 14.3. The SMILES string of the molecule is O=C([C@H]1[C@H]2C(=O)N([C@H](c3ccccc3)c3nnnn3-c3ccc(Cl)cc3)C[C@@]23C=C[C@H]1O3)N1CCOCC1. The van der Waals surface area contributed by atoms with Gasteiger partial charge in [0.15, 0.2) is 5.82 Å². The Morgan fingerprint density at radius 2 is 1.84 bits per heavy atom. The van der Waals surface area contributed by atoms with Crippen LogP contribution in [-0.2, 0) is 19.1 Å². The van der Waals surface area contributed by atoms with Crippen molar-refractivity contribution in [3.8, 4) is 5.69 Å². The Morgan fingerprint density at radius 1 is 1.08 bits per heavy atom. The zero-order chi connectivity index (χ0) is 25.9. The van der Waals surface area contributed by atoms with Crippen LogP contribution in [-0.4, -0.2) is 86.4 Å². The van der Waals surface area contributed by atoms with Crippen LogP contribution < -0.4 is 0 Å². The van der Waals surface area contributed by atoms with Crippen molar-refractivity contribution in [2.24, 2.45) is 11.8 Å². The number of likely N-dealkylation sites (tertiary alicyclic amines) is 1. The van der Waals surface area contributed by atoms with Crippen molar-refractivity contribution in [2.75, 3.05) is 32.8 Å². The number of carbonyl (C=O) groups excluding carboxylic acids is 2. The van der Waals surface area contributed by atoms with E-state index < -0.39 is 29.6 Å². The molecular formula is C27H25ClN6O4. The minimum Gasteiger partial charge on any atom is -0.378 e. The second-order valence-corrected chi connectivity index (χ2v) is 10.5. The van der Waals surface area contributed by atoms with Crippen LogP contribution in [0.25, 0.3) is 5.69 Å². The molecule has 0 unspecified atom stereocenters. The van der Waals surface area contributed by atoms with E-state index in [0.717, 1.165) is 11.3 Å². The van der Waals surface area contributed by atoms with Gasteiger partial charge in [0.2, 0.25) is 11.8 Å². The van der Waals surface area contributed by atoms with Crippen molar-refractivity contribution >= 4 is 23.4 Å². The number of ether oxygens (including phenoxy) is 2. The van der Waals surface area contributed by atoms with E-state index in [1.54, 1.807) is 26.6 Å². The third-order valence-corrected chi connectivity index (χ3v) is 8.23. The number of hydrogen-bond donors (Lipinski definition) is 0. The number of amides is 2. The summed E-state index contributed by atoms with van der Waals surface area (Å²) in [6, 6.07) is 16.3. The van der Waals surface area contributed by atoms with Crippen molar-refractivity contribution in [3.05, 3.63) is 83.2 Å². The van der Waals surface area contributed by atoms with Gasteiger partial charge in [0.05, 0.1) is 43.4 Å². The van der Waals surface area contributed by atoms with Crippen molar-refractivity contribution in [3.63, 3.8) is 0 Å². The van der Waals surface area contributed by atoms with Gasteiger partial charge in [-0.05, 0) is 40.3 Å². The molecule has 4 aliphatic rings. The highest BCUT2D eigenvalue weighted by molar-refractivity contribution is 6.30. The molecule has 7 rings (SSSR count). The van der Waals surface area contributed by atoms with Crippen molar-refractivity contribution in [2.45, 2.75) is 17.7 Å². The highest BCUT2D eigenvalue weighted by Gasteiger charge is 2.68. The van der Waals surface area contributed by atoms with Gasteiger partial charge in [-0.2, -0.15) is 4.68 Å². The molecule has 3 saturated heterocycles. The molecule has 2 bridgehead atoms. The molecule has 5 atom stereocenters. The van der Waals surface area contributed by atoms with Crippen LogP contribution in [0, 0.1) is 11.8 Å². The first-order valence-corrected chi connectivity index (χ1v) is 13.1. The molecular weight excluding hydrogens is 508 g/mol. The molecule has 0 radical (unpaired) electrons. The molecule has 2 amide bonds. The number of halogens is 1. The van der Waals surface area contributed by atoms with E-state index in [-0.39, 0.29) is 11.8 Å². The second kappa shape index (κ2) is 9.00. The molecule has 0 saturated carbocycles. The highest BCUT2D eigenvalue weighted by Crippen LogP contribution is 2.54. The number of hydrogen-bond acceptors (Lipinski definition) is 7. The monoisotopic (exact) mass is 532 g/mol. The van der Waals surface area contributed by atoms with E-state index in [1.807, 2.05) is 54.6 Å². The normalized spacial score (nSPS) is 28.7. The van der Waals surface area contributed by atoms with Crippen LogP contribution in [0.3, 0.4) is 0 Å². The fourth-order valence-electron chi connectivity index (χ4n) is 6.26. The largest absolute Gasteiger partial charge is 0.378 e. The second-order valence-electron chi connectivity index (χ2n) is 10.0. The highest BCUT2D eigenvalue weighted by atomic mass is 35.5. The number of rotatable bonds is 5. The Morgan fingerprint density at radius 3 is 2.61 bits per heavy atom. The summed E-state index contributed by atoms with van der Waals surface area (Å²) >= 11 is 6.11. The number of aromatic nitrogens is 4. The van der Waals surface area contributed by atoms with Crippen molar-refractivity contribution in [1.29, 1.82) is 0 Å². The van der Waals surface area contributed by atoms with Crippen LogP contribution >= 0.6 is 11.6 Å². The van der Waals surface area contributed by atoms with E-state index in [2.05, 4.69) is 15.5 Å². The maximum Gasteiger partial charge on any atom is 0.230 e. The van der Waals surface area contributed by atoms with Gasteiger partial charge in [0, 0.05) is 18.1 Å². The van der Waals surface area contributed by atoms with E-state index in [0.29, 0.717) is 43.7 Å². The summed E-state index contributed by atoms with van der Waals surface area (Å²) in [6.45, 7) is 2.33. The Labute approximate surface area is 223 Å². The summed E-state index contributed by atoms with van der Waals surface area (Å²) in [5.41, 5.74) is 0.717. The summed E-state index contributed by atoms with van der Waals surface area (Å²) < 4.78 is 13.5. The topological polar surface area (TPSA) is 103 Å². The lowest BCUT2D eigenvalue weighted by Crippen LogP contribution is -2.49. The molecule has 194 valence electrons. The van der Waals surface area contributed by atoms with Gasteiger partial charge >= 0.3 is 0 Å². The fourth-order valence-corrected chi connectivity index (χ4v) is 6.38. The molecule has 3 aromatic rings. The van der Waals surface area contributed by atoms with Crippen molar-refractivity contribution < 1.29 is 19.1 Å². The van der Waals surface area contributed by atoms with Crippen LogP contribution in [0.1, 0.15) is 17.4 Å². The minimum atomic E-state index is -0.861. The lowest BCUT2D eigenvalue weighted by molar-refractivity contribution is -0.146. The van der Waals surface area contributed by atoms with E-state index in [4.69, 9.17) is 21.1 Å². The van der Waals surface area contributed by atoms with Crippen LogP contribution in [0.15, 0.2) is 66.7 Å². The fraction of sp³-hybridized carbons (Fsp3) is 0.370. The first kappa shape index (κ1) is 23.5. The van der Waals surface area contributed by atoms with Crippen LogP contribution in [0.2, 0.25) is 5.02 Å². The summed E-state index contributed by atoms with van der Waals surface area (Å²) in [7, 11) is 0. The molecule has 3 fully saturated rings. The standard InChI is InChI=1S/C27H25ClN6O4/c28-18-6-8-19(9-7-18)34-24(29-30-31-34)23(17-4-2-1-3-5-17)33-16-27-11-10-20(38-27)21(22(27)26(33)36)25(35)32-12-14-37-15-13-32/h1-11,20-23H,12-16H2/t20-,21-,22+,23-,27+/m1/s1. The zero-order valence-electron chi connectivity index (χ0n) is 20.4. The maximum atomic E-state index is 14.3. The van der Waals surface area contributed by atoms with Gasteiger partial charge in [0.1, 0.15) is 11.6 Å². The number of benzene rings is 2. The van der Waals surface area contributed by atoms with Gasteiger partial charge in [0.25, 0.3) is 0 Å². The lowest BCUT2D eigenvalue weighted by atomic mass is 9.76.